The van der Waals surface area contributed by atoms with Crippen LogP contribution in [0, 0.1) is 5.41 Å². The molecule has 0 unspecified atom stereocenters. The van der Waals surface area contributed by atoms with E-state index in [0.717, 1.165) is 0 Å². The smallest absolute Gasteiger partial charge is 0.272 e. The van der Waals surface area contributed by atoms with Crippen molar-refractivity contribution in [2.45, 2.75) is 30.6 Å². The molecule has 2 nitrogen and oxygen atoms in total. The third kappa shape index (κ3) is 4.54. The summed E-state index contributed by atoms with van der Waals surface area (Å²) in [6.45, 7) is 9.49. The van der Waals surface area contributed by atoms with Crippen molar-refractivity contribution >= 4 is 40.7 Å². The van der Waals surface area contributed by atoms with Crippen molar-refractivity contribution in [1.82, 2.24) is 5.32 Å². The number of halogens is 3. The second-order valence-corrected chi connectivity index (χ2v) is 6.33. The van der Waals surface area contributed by atoms with Gasteiger partial charge in [-0.1, -0.05) is 61.7 Å². The quantitative estimate of drug-likeness (QED) is 0.598. The van der Waals surface area contributed by atoms with Crippen LogP contribution in [0.4, 0.5) is 0 Å². The van der Waals surface area contributed by atoms with Gasteiger partial charge in [-0.3, -0.25) is 4.79 Å². The molecule has 0 aromatic rings. The van der Waals surface area contributed by atoms with E-state index < -0.39 is 9.70 Å². The lowest BCUT2D eigenvalue weighted by molar-refractivity contribution is -0.121. The van der Waals surface area contributed by atoms with Crippen molar-refractivity contribution in [3.05, 3.63) is 12.7 Å². The van der Waals surface area contributed by atoms with Crippen LogP contribution < -0.4 is 5.32 Å². The standard InChI is InChI=1S/C9H14Cl3NO/c1-5-6(8(2,3)4)13-7(14)9(10,11)12/h5-6H,1H2,2-4H3,(H,13,14)/t6-/m1/s1. The van der Waals surface area contributed by atoms with Gasteiger partial charge in [0.2, 0.25) is 0 Å². The molecule has 1 atom stereocenters. The Bertz CT molecular complexity index is 227. The summed E-state index contributed by atoms with van der Waals surface area (Å²) in [4.78, 5) is 11.3. The average Bonchev–Trinajstić information content (AvgIpc) is 1.95. The molecule has 0 bridgehead atoms. The lowest BCUT2D eigenvalue weighted by Crippen LogP contribution is -2.46. The molecule has 0 radical (unpaired) electrons. The minimum atomic E-state index is -1.92. The lowest BCUT2D eigenvalue weighted by atomic mass is 9.87. The van der Waals surface area contributed by atoms with Crippen LogP contribution in [0.1, 0.15) is 20.8 Å². The van der Waals surface area contributed by atoms with E-state index in [2.05, 4.69) is 11.9 Å². The van der Waals surface area contributed by atoms with Crippen molar-refractivity contribution in [2.24, 2.45) is 5.41 Å². The predicted octanol–water partition coefficient (Wildman–Crippen LogP) is 3.07. The van der Waals surface area contributed by atoms with Crippen molar-refractivity contribution < 1.29 is 4.79 Å². The minimum absolute atomic E-state index is 0.159. The highest BCUT2D eigenvalue weighted by Crippen LogP contribution is 2.28. The SMILES string of the molecule is C=C[C@@H](NC(=O)C(Cl)(Cl)Cl)C(C)(C)C. The fourth-order valence-corrected chi connectivity index (χ4v) is 1.02. The van der Waals surface area contributed by atoms with Crippen LogP contribution in [0.2, 0.25) is 0 Å². The summed E-state index contributed by atoms with van der Waals surface area (Å²) in [5.41, 5.74) is -0.159. The Hall–Kier alpha value is 0.0800. The summed E-state index contributed by atoms with van der Waals surface area (Å²) < 4.78 is -1.92. The van der Waals surface area contributed by atoms with Gasteiger partial charge in [-0.25, -0.2) is 0 Å². The minimum Gasteiger partial charge on any atom is -0.346 e. The third-order valence-electron chi connectivity index (χ3n) is 1.71. The van der Waals surface area contributed by atoms with Gasteiger partial charge < -0.3 is 5.32 Å². The molecule has 0 aromatic heterocycles. The Morgan fingerprint density at radius 2 is 1.79 bits per heavy atom. The van der Waals surface area contributed by atoms with Crippen LogP contribution in [0.25, 0.3) is 0 Å². The number of carbonyl (C=O) groups is 1. The molecule has 0 aliphatic carbocycles. The molecule has 14 heavy (non-hydrogen) atoms. The van der Waals surface area contributed by atoms with E-state index in [4.69, 9.17) is 34.8 Å². The van der Waals surface area contributed by atoms with Crippen LogP contribution in [0.15, 0.2) is 12.7 Å². The van der Waals surface area contributed by atoms with Gasteiger partial charge >= 0.3 is 0 Å². The number of nitrogens with one attached hydrogen (secondary N) is 1. The zero-order chi connectivity index (χ0) is 11.6. The summed E-state index contributed by atoms with van der Waals surface area (Å²) >= 11 is 16.3. The summed E-state index contributed by atoms with van der Waals surface area (Å²) in [5, 5.41) is 2.59. The molecule has 82 valence electrons. The summed E-state index contributed by atoms with van der Waals surface area (Å²) in [7, 11) is 0. The van der Waals surface area contributed by atoms with E-state index in [0.29, 0.717) is 0 Å². The first-order valence-corrected chi connectivity index (χ1v) is 5.22. The molecule has 0 aliphatic rings. The Kier molecular flexibility index (Phi) is 4.76. The third-order valence-corrected chi connectivity index (χ3v) is 2.23. The van der Waals surface area contributed by atoms with E-state index in [1.807, 2.05) is 20.8 Å². The molecule has 1 N–H and O–H groups in total. The highest BCUT2D eigenvalue weighted by Gasteiger charge is 2.34. The predicted molar refractivity (Wildman–Crippen MR) is 61.9 cm³/mol. The van der Waals surface area contributed by atoms with Crippen LogP contribution >= 0.6 is 34.8 Å². The van der Waals surface area contributed by atoms with Crippen LogP contribution in [-0.2, 0) is 4.79 Å². The van der Waals surface area contributed by atoms with Gasteiger partial charge in [0.25, 0.3) is 9.70 Å². The molecular weight excluding hydrogens is 244 g/mol. The van der Waals surface area contributed by atoms with Crippen molar-refractivity contribution in [2.75, 3.05) is 0 Å². The first-order valence-electron chi connectivity index (χ1n) is 4.09. The van der Waals surface area contributed by atoms with Gasteiger partial charge in [-0.05, 0) is 5.41 Å². The topological polar surface area (TPSA) is 29.1 Å². The van der Waals surface area contributed by atoms with E-state index in [9.17, 15) is 4.79 Å². The fraction of sp³-hybridized carbons (Fsp3) is 0.667. The summed E-state index contributed by atoms with van der Waals surface area (Å²) in [6, 6.07) is -0.231. The normalized spacial score (nSPS) is 14.7. The Balaban J connectivity index is 4.51. The molecule has 0 spiro atoms. The van der Waals surface area contributed by atoms with Crippen LogP contribution in [0.5, 0.6) is 0 Å². The summed E-state index contributed by atoms with van der Waals surface area (Å²) in [6.07, 6.45) is 1.62. The molecule has 1 amide bonds. The fourth-order valence-electron chi connectivity index (χ4n) is 0.852. The van der Waals surface area contributed by atoms with Gasteiger partial charge in [0.1, 0.15) is 0 Å². The van der Waals surface area contributed by atoms with E-state index in [-0.39, 0.29) is 11.5 Å². The van der Waals surface area contributed by atoms with E-state index >= 15 is 0 Å². The Labute approximate surface area is 99.6 Å². The van der Waals surface area contributed by atoms with Crippen LogP contribution in [-0.4, -0.2) is 15.7 Å². The van der Waals surface area contributed by atoms with E-state index in [1.165, 1.54) is 0 Å². The average molecular weight is 259 g/mol. The molecule has 0 heterocycles. The lowest BCUT2D eigenvalue weighted by Gasteiger charge is -2.29. The molecule has 0 aliphatic heterocycles. The number of amides is 1. The maximum atomic E-state index is 11.3. The highest BCUT2D eigenvalue weighted by atomic mass is 35.6. The number of carbonyl (C=O) groups excluding carboxylic acids is 1. The number of alkyl halides is 3. The monoisotopic (exact) mass is 257 g/mol. The molecule has 0 fully saturated rings. The molecule has 0 saturated heterocycles. The molecule has 5 heteroatoms. The van der Waals surface area contributed by atoms with Gasteiger partial charge in [0.15, 0.2) is 0 Å². The van der Waals surface area contributed by atoms with Gasteiger partial charge in [-0.2, -0.15) is 0 Å². The van der Waals surface area contributed by atoms with E-state index in [1.54, 1.807) is 6.08 Å². The maximum Gasteiger partial charge on any atom is 0.272 e. The van der Waals surface area contributed by atoms with Gasteiger partial charge in [-0.15, -0.1) is 6.58 Å². The number of hydrogen-bond acceptors (Lipinski definition) is 1. The number of hydrogen-bond donors (Lipinski definition) is 1. The summed E-state index contributed by atoms with van der Waals surface area (Å²) in [5.74, 6) is -0.637. The number of rotatable bonds is 2. The maximum absolute atomic E-state index is 11.3. The molecule has 0 saturated carbocycles. The van der Waals surface area contributed by atoms with Gasteiger partial charge in [0.05, 0.1) is 6.04 Å². The van der Waals surface area contributed by atoms with Crippen LogP contribution in [0.3, 0.4) is 0 Å². The first-order chi connectivity index (χ1) is 6.09. The van der Waals surface area contributed by atoms with Crippen molar-refractivity contribution in [3.8, 4) is 0 Å². The molecule has 0 aromatic carbocycles. The van der Waals surface area contributed by atoms with Crippen molar-refractivity contribution in [1.29, 1.82) is 0 Å². The molecular formula is C9H14Cl3NO. The highest BCUT2D eigenvalue weighted by molar-refractivity contribution is 6.76. The largest absolute Gasteiger partial charge is 0.346 e. The zero-order valence-corrected chi connectivity index (χ0v) is 10.7. The Morgan fingerprint density at radius 1 is 1.36 bits per heavy atom. The zero-order valence-electron chi connectivity index (χ0n) is 8.40. The van der Waals surface area contributed by atoms with Crippen molar-refractivity contribution in [3.63, 3.8) is 0 Å². The second kappa shape index (κ2) is 4.73. The second-order valence-electron chi connectivity index (χ2n) is 4.05. The molecule has 0 rings (SSSR count). The Morgan fingerprint density at radius 3 is 2.00 bits per heavy atom. The first kappa shape index (κ1) is 14.1. The van der Waals surface area contributed by atoms with Gasteiger partial charge in [0, 0.05) is 0 Å².